The molecule has 0 aliphatic heterocycles. The summed E-state index contributed by atoms with van der Waals surface area (Å²) in [6.07, 6.45) is 0. The third-order valence-corrected chi connectivity index (χ3v) is 5.40. The number of anilines is 1. The lowest BCUT2D eigenvalue weighted by molar-refractivity contribution is 0.219. The van der Waals surface area contributed by atoms with Gasteiger partial charge in [0.1, 0.15) is 11.5 Å². The van der Waals surface area contributed by atoms with Crippen LogP contribution in [0, 0.1) is 13.8 Å². The van der Waals surface area contributed by atoms with Gasteiger partial charge in [0.25, 0.3) is 0 Å². The zero-order valence-corrected chi connectivity index (χ0v) is 15.8. The van der Waals surface area contributed by atoms with Crippen LogP contribution in [-0.2, 0) is 6.54 Å². The number of aryl methyl sites for hydroxylation is 2. The zero-order valence-electron chi connectivity index (χ0n) is 14.1. The van der Waals surface area contributed by atoms with Gasteiger partial charge in [-0.25, -0.2) is 9.78 Å². The number of hydrogen-bond donors (Lipinski definition) is 1. The predicted molar refractivity (Wildman–Crippen MR) is 99.1 cm³/mol. The van der Waals surface area contributed by atoms with Crippen LogP contribution in [0.4, 0.5) is 10.5 Å². The summed E-state index contributed by atoms with van der Waals surface area (Å²) in [6, 6.07) is 9.33. The minimum absolute atomic E-state index is 0.198. The first kappa shape index (κ1) is 17.5. The number of nitrogens with one attached hydrogen (secondary N) is 1. The number of benzene rings is 1. The Kier molecular flexibility index (Phi) is 5.40. The third-order valence-electron chi connectivity index (χ3n) is 3.33. The monoisotopic (exact) mass is 374 g/mol. The van der Waals surface area contributed by atoms with Gasteiger partial charge in [0.05, 0.1) is 6.54 Å². The van der Waals surface area contributed by atoms with E-state index in [1.165, 1.54) is 0 Å². The highest BCUT2D eigenvalue weighted by atomic mass is 32.2. The van der Waals surface area contributed by atoms with Gasteiger partial charge in [-0.2, -0.15) is 0 Å². The van der Waals surface area contributed by atoms with Gasteiger partial charge >= 0.3 is 6.03 Å². The molecule has 0 radical (unpaired) electrons. The molecule has 0 aliphatic rings. The molecule has 1 aromatic carbocycles. The fraction of sp³-hybridized carbons (Fsp3) is 0.235. The van der Waals surface area contributed by atoms with Crippen molar-refractivity contribution >= 4 is 34.8 Å². The molecule has 2 aromatic heterocycles. The highest BCUT2D eigenvalue weighted by molar-refractivity contribution is 8.01. The van der Waals surface area contributed by atoms with Crippen LogP contribution in [0.1, 0.15) is 17.1 Å². The zero-order chi connectivity index (χ0) is 17.8. The van der Waals surface area contributed by atoms with Crippen LogP contribution in [0.15, 0.2) is 49.5 Å². The van der Waals surface area contributed by atoms with Crippen LogP contribution in [0.3, 0.4) is 0 Å². The second-order valence-electron chi connectivity index (χ2n) is 5.60. The number of urea groups is 1. The van der Waals surface area contributed by atoms with E-state index >= 15 is 0 Å². The van der Waals surface area contributed by atoms with E-state index in [2.05, 4.69) is 15.5 Å². The minimum Gasteiger partial charge on any atom is -0.361 e. The van der Waals surface area contributed by atoms with Gasteiger partial charge in [0.15, 0.2) is 4.34 Å². The standard InChI is InChI=1S/C17H18N4O2S2/c1-11-10-24-17(18-11)25-15-6-4-13(5-7-15)19-16(22)21(3)9-14-8-12(2)23-20-14/h4-8,10H,9H2,1-3H3,(H,19,22). The van der Waals surface area contributed by atoms with E-state index in [4.69, 9.17) is 4.52 Å². The van der Waals surface area contributed by atoms with Crippen molar-refractivity contribution in [1.29, 1.82) is 0 Å². The smallest absolute Gasteiger partial charge is 0.321 e. The van der Waals surface area contributed by atoms with Crippen molar-refractivity contribution < 1.29 is 9.32 Å². The number of thiazole rings is 1. The Morgan fingerprint density at radius 1 is 1.32 bits per heavy atom. The Labute approximate surface area is 154 Å². The molecule has 0 spiro atoms. The lowest BCUT2D eigenvalue weighted by Gasteiger charge is -2.16. The molecule has 0 saturated carbocycles. The van der Waals surface area contributed by atoms with E-state index in [1.54, 1.807) is 35.0 Å². The highest BCUT2D eigenvalue weighted by Crippen LogP contribution is 2.30. The summed E-state index contributed by atoms with van der Waals surface area (Å²) in [6.45, 7) is 4.19. The fourth-order valence-corrected chi connectivity index (χ4v) is 3.92. The van der Waals surface area contributed by atoms with Crippen LogP contribution in [-0.4, -0.2) is 28.1 Å². The Hall–Kier alpha value is -2.32. The molecule has 1 N–H and O–H groups in total. The van der Waals surface area contributed by atoms with Gasteiger partial charge in [-0.3, -0.25) is 0 Å². The van der Waals surface area contributed by atoms with Crippen molar-refractivity contribution in [2.24, 2.45) is 0 Å². The van der Waals surface area contributed by atoms with Crippen molar-refractivity contribution in [3.8, 4) is 0 Å². The van der Waals surface area contributed by atoms with Crippen LogP contribution in [0.5, 0.6) is 0 Å². The van der Waals surface area contributed by atoms with E-state index in [9.17, 15) is 4.79 Å². The van der Waals surface area contributed by atoms with E-state index in [-0.39, 0.29) is 6.03 Å². The van der Waals surface area contributed by atoms with Gasteiger partial charge in [0.2, 0.25) is 0 Å². The summed E-state index contributed by atoms with van der Waals surface area (Å²) in [4.78, 5) is 19.3. The van der Waals surface area contributed by atoms with E-state index < -0.39 is 0 Å². The predicted octanol–water partition coefficient (Wildman–Crippen LogP) is 4.56. The van der Waals surface area contributed by atoms with Crippen molar-refractivity contribution in [2.45, 2.75) is 29.6 Å². The largest absolute Gasteiger partial charge is 0.361 e. The second-order valence-corrected chi connectivity index (χ2v) is 7.78. The summed E-state index contributed by atoms with van der Waals surface area (Å²) >= 11 is 3.24. The van der Waals surface area contributed by atoms with Crippen LogP contribution in [0.2, 0.25) is 0 Å². The third kappa shape index (κ3) is 4.83. The number of hydrogen-bond acceptors (Lipinski definition) is 6. The molecule has 0 bridgehead atoms. The highest BCUT2D eigenvalue weighted by Gasteiger charge is 2.12. The van der Waals surface area contributed by atoms with Crippen molar-refractivity contribution in [2.75, 3.05) is 12.4 Å². The van der Waals surface area contributed by atoms with Gasteiger partial charge in [-0.1, -0.05) is 16.9 Å². The maximum Gasteiger partial charge on any atom is 0.321 e. The summed E-state index contributed by atoms with van der Waals surface area (Å²) in [5.74, 6) is 0.729. The van der Waals surface area contributed by atoms with E-state index in [1.807, 2.05) is 49.6 Å². The summed E-state index contributed by atoms with van der Waals surface area (Å²) in [5, 5.41) is 8.80. The first-order valence-corrected chi connectivity index (χ1v) is 9.33. The Morgan fingerprint density at radius 3 is 2.68 bits per heavy atom. The summed E-state index contributed by atoms with van der Waals surface area (Å²) in [5.41, 5.74) is 2.50. The fourth-order valence-electron chi connectivity index (χ4n) is 2.11. The molecule has 0 fully saturated rings. The molecular weight excluding hydrogens is 356 g/mol. The maximum atomic E-state index is 12.2. The van der Waals surface area contributed by atoms with Gasteiger partial charge in [-0.05, 0) is 38.1 Å². The van der Waals surface area contributed by atoms with Gasteiger partial charge in [0, 0.05) is 34.8 Å². The topological polar surface area (TPSA) is 71.3 Å². The lowest BCUT2D eigenvalue weighted by atomic mass is 10.3. The normalized spacial score (nSPS) is 10.7. The van der Waals surface area contributed by atoms with Crippen LogP contribution in [0.25, 0.3) is 0 Å². The van der Waals surface area contributed by atoms with Crippen molar-refractivity contribution in [1.82, 2.24) is 15.0 Å². The molecule has 3 rings (SSSR count). The number of carbonyl (C=O) groups excluding carboxylic acids is 1. The molecule has 2 heterocycles. The van der Waals surface area contributed by atoms with E-state index in [0.717, 1.165) is 32.1 Å². The van der Waals surface area contributed by atoms with Gasteiger partial charge in [-0.15, -0.1) is 11.3 Å². The molecule has 2 amide bonds. The molecule has 8 heteroatoms. The number of carbonyl (C=O) groups is 1. The minimum atomic E-state index is -0.198. The lowest BCUT2D eigenvalue weighted by Crippen LogP contribution is -2.30. The number of nitrogens with zero attached hydrogens (tertiary/aromatic N) is 3. The molecule has 3 aromatic rings. The average molecular weight is 374 g/mol. The molecule has 0 atom stereocenters. The Balaban J connectivity index is 1.55. The Bertz CT molecular complexity index is 858. The SMILES string of the molecule is Cc1csc(Sc2ccc(NC(=O)N(C)Cc3cc(C)on3)cc2)n1. The van der Waals surface area contributed by atoms with Crippen molar-refractivity contribution in [3.63, 3.8) is 0 Å². The number of rotatable bonds is 5. The van der Waals surface area contributed by atoms with Gasteiger partial charge < -0.3 is 14.7 Å². The molecule has 0 unspecified atom stereocenters. The molecular formula is C17H18N4O2S2. The molecule has 0 aliphatic carbocycles. The quantitative estimate of drug-likeness (QED) is 0.709. The Morgan fingerprint density at radius 2 is 2.08 bits per heavy atom. The van der Waals surface area contributed by atoms with Crippen molar-refractivity contribution in [3.05, 3.63) is 52.9 Å². The molecule has 25 heavy (non-hydrogen) atoms. The van der Waals surface area contributed by atoms with Crippen LogP contribution >= 0.6 is 23.1 Å². The summed E-state index contributed by atoms with van der Waals surface area (Å²) in [7, 11) is 1.72. The maximum absolute atomic E-state index is 12.2. The first-order chi connectivity index (χ1) is 12.0. The molecule has 130 valence electrons. The number of amides is 2. The summed E-state index contributed by atoms with van der Waals surface area (Å²) < 4.78 is 6.02. The second kappa shape index (κ2) is 7.71. The number of aromatic nitrogens is 2. The first-order valence-electron chi connectivity index (χ1n) is 7.64. The van der Waals surface area contributed by atoms with Crippen LogP contribution < -0.4 is 5.32 Å². The average Bonchev–Trinajstić information content (AvgIpc) is 3.17. The van der Waals surface area contributed by atoms with E-state index in [0.29, 0.717) is 6.54 Å². The molecule has 0 saturated heterocycles. The molecule has 6 nitrogen and oxygen atoms in total.